The highest BCUT2D eigenvalue weighted by atomic mass is 31.1. The fourth-order valence-corrected chi connectivity index (χ4v) is 4.07. The zero-order valence-electron chi connectivity index (χ0n) is 14.6. The van der Waals surface area contributed by atoms with Gasteiger partial charge in [0.05, 0.1) is 5.60 Å². The molecule has 5 heteroatoms. The van der Waals surface area contributed by atoms with Crippen LogP contribution < -0.4 is 4.74 Å². The van der Waals surface area contributed by atoms with Gasteiger partial charge in [-0.3, -0.25) is 4.57 Å². The van der Waals surface area contributed by atoms with Crippen molar-refractivity contribution in [3.8, 4) is 5.75 Å². The van der Waals surface area contributed by atoms with E-state index in [0.29, 0.717) is 12.5 Å². The summed E-state index contributed by atoms with van der Waals surface area (Å²) >= 11 is 0. The van der Waals surface area contributed by atoms with E-state index in [2.05, 4.69) is 6.07 Å². The van der Waals surface area contributed by atoms with Crippen LogP contribution in [0, 0.1) is 5.92 Å². The van der Waals surface area contributed by atoms with Crippen molar-refractivity contribution in [3.05, 3.63) is 65.7 Å². The quantitative estimate of drug-likeness (QED) is 0.678. The average Bonchev–Trinajstić information content (AvgIpc) is 3.38. The molecule has 4 nitrogen and oxygen atoms in total. The van der Waals surface area contributed by atoms with Gasteiger partial charge in [-0.05, 0) is 55.9 Å². The van der Waals surface area contributed by atoms with Crippen LogP contribution in [0.1, 0.15) is 43.7 Å². The molecule has 0 bridgehead atoms. The maximum atomic E-state index is 11.3. The van der Waals surface area contributed by atoms with Crippen molar-refractivity contribution in [1.82, 2.24) is 0 Å². The molecule has 0 amide bonds. The Kier molecular flexibility index (Phi) is 5.63. The molecule has 0 aliphatic heterocycles. The van der Waals surface area contributed by atoms with Gasteiger partial charge >= 0.3 is 8.25 Å². The van der Waals surface area contributed by atoms with E-state index < -0.39 is 13.9 Å². The summed E-state index contributed by atoms with van der Waals surface area (Å²) in [5.74, 6) is 1.37. The lowest BCUT2D eigenvalue weighted by Crippen LogP contribution is -2.32. The first-order valence-corrected chi connectivity index (χ1v) is 9.91. The molecule has 0 spiro atoms. The molecule has 0 aromatic heterocycles. The van der Waals surface area contributed by atoms with Crippen LogP contribution in [-0.4, -0.2) is 10.5 Å². The van der Waals surface area contributed by atoms with E-state index in [1.54, 1.807) is 0 Å². The molecule has 1 N–H and O–H groups in total. The summed E-state index contributed by atoms with van der Waals surface area (Å²) in [7, 11) is -2.99. The van der Waals surface area contributed by atoms with Crippen LogP contribution in [0.3, 0.4) is 0 Å². The van der Waals surface area contributed by atoms with Gasteiger partial charge in [0.1, 0.15) is 12.4 Å². The molecule has 3 rings (SSSR count). The second-order valence-electron chi connectivity index (χ2n) is 7.13. The van der Waals surface area contributed by atoms with Gasteiger partial charge in [0, 0.05) is 5.92 Å². The molecule has 1 aliphatic rings. The van der Waals surface area contributed by atoms with E-state index in [1.807, 2.05) is 62.4 Å². The maximum absolute atomic E-state index is 11.3. The minimum Gasteiger partial charge on any atom is -0.489 e. The fraction of sp³-hybridized carbons (Fsp3) is 0.400. The Morgan fingerprint density at radius 2 is 1.88 bits per heavy atom. The van der Waals surface area contributed by atoms with Crippen molar-refractivity contribution >= 4 is 8.25 Å². The minimum absolute atomic E-state index is 0.0777. The monoisotopic (exact) mass is 360 g/mol. The van der Waals surface area contributed by atoms with Crippen LogP contribution in [0.4, 0.5) is 0 Å². The zero-order valence-corrected chi connectivity index (χ0v) is 15.6. The predicted octanol–water partition coefficient (Wildman–Crippen LogP) is 4.94. The molecule has 134 valence electrons. The summed E-state index contributed by atoms with van der Waals surface area (Å²) in [5.41, 5.74) is 1.53. The molecule has 0 saturated heterocycles. The molecule has 25 heavy (non-hydrogen) atoms. The summed E-state index contributed by atoms with van der Waals surface area (Å²) in [6, 6.07) is 18.1. The first-order chi connectivity index (χ1) is 12.0. The summed E-state index contributed by atoms with van der Waals surface area (Å²) in [6.07, 6.45) is 2.25. The fourth-order valence-electron chi connectivity index (χ4n) is 3.50. The number of hydrogen-bond donors (Lipinski definition) is 1. The van der Waals surface area contributed by atoms with Crippen molar-refractivity contribution < 1.29 is 18.7 Å². The molecule has 2 atom stereocenters. The Bertz CT molecular complexity index is 725. The Labute approximate surface area is 149 Å². The van der Waals surface area contributed by atoms with Crippen molar-refractivity contribution in [1.29, 1.82) is 0 Å². The minimum atomic E-state index is -2.99. The van der Waals surface area contributed by atoms with Crippen LogP contribution in [0.15, 0.2) is 54.6 Å². The highest BCUT2D eigenvalue weighted by Crippen LogP contribution is 2.51. The Morgan fingerprint density at radius 3 is 2.52 bits per heavy atom. The van der Waals surface area contributed by atoms with Crippen LogP contribution in [0.25, 0.3) is 0 Å². The normalized spacial score (nSPS) is 17.1. The molecule has 2 aromatic rings. The van der Waals surface area contributed by atoms with E-state index in [0.717, 1.165) is 29.7 Å². The SMILES string of the molecule is CC(C)(O[PH](=O)O)C(c1cccc(OCc2ccccc2)c1)C1CC1. The highest BCUT2D eigenvalue weighted by molar-refractivity contribution is 7.32. The Hall–Kier alpha value is -1.61. The van der Waals surface area contributed by atoms with Crippen LogP contribution in [-0.2, 0) is 15.7 Å². The summed E-state index contributed by atoms with van der Waals surface area (Å²) in [6.45, 7) is 4.31. The topological polar surface area (TPSA) is 55.8 Å². The molecular formula is C20H25O4P. The third-order valence-corrected chi connectivity index (χ3v) is 5.36. The number of benzene rings is 2. The van der Waals surface area contributed by atoms with Crippen LogP contribution in [0.5, 0.6) is 5.75 Å². The molecule has 2 unspecified atom stereocenters. The van der Waals surface area contributed by atoms with Gasteiger partial charge in [0.2, 0.25) is 0 Å². The van der Waals surface area contributed by atoms with Gasteiger partial charge in [-0.2, -0.15) is 0 Å². The largest absolute Gasteiger partial charge is 0.489 e. The van der Waals surface area contributed by atoms with Gasteiger partial charge in [-0.25, -0.2) is 0 Å². The summed E-state index contributed by atoms with van der Waals surface area (Å²) in [4.78, 5) is 9.25. The van der Waals surface area contributed by atoms with Gasteiger partial charge in [0.15, 0.2) is 0 Å². The Balaban J connectivity index is 1.77. The van der Waals surface area contributed by atoms with Gasteiger partial charge in [0.25, 0.3) is 0 Å². The van der Waals surface area contributed by atoms with Gasteiger partial charge in [-0.15, -0.1) is 0 Å². The lowest BCUT2D eigenvalue weighted by molar-refractivity contribution is 0.0650. The third kappa shape index (κ3) is 4.94. The Morgan fingerprint density at radius 1 is 1.16 bits per heavy atom. The number of hydrogen-bond acceptors (Lipinski definition) is 3. The highest BCUT2D eigenvalue weighted by Gasteiger charge is 2.43. The smallest absolute Gasteiger partial charge is 0.317 e. The number of rotatable bonds is 8. The van der Waals surface area contributed by atoms with E-state index in [-0.39, 0.29) is 5.92 Å². The second kappa shape index (κ2) is 7.74. The average molecular weight is 360 g/mol. The van der Waals surface area contributed by atoms with Crippen molar-refractivity contribution in [3.63, 3.8) is 0 Å². The van der Waals surface area contributed by atoms with Crippen molar-refractivity contribution in [2.45, 2.75) is 44.8 Å². The lowest BCUT2D eigenvalue weighted by Gasteiger charge is -2.34. The molecule has 1 saturated carbocycles. The molecular weight excluding hydrogens is 335 g/mol. The zero-order chi connectivity index (χ0) is 17.9. The molecule has 1 fully saturated rings. The third-order valence-electron chi connectivity index (χ3n) is 4.66. The van der Waals surface area contributed by atoms with Gasteiger partial charge in [-0.1, -0.05) is 42.5 Å². The molecule has 0 radical (unpaired) electrons. The first kappa shape index (κ1) is 18.2. The number of ether oxygens (including phenoxy) is 1. The molecule has 2 aromatic carbocycles. The standard InChI is InChI=1S/C20H25O4P/c1-20(2,24-25(21)22)19(16-11-12-16)17-9-6-10-18(13-17)23-14-15-7-4-3-5-8-15/h3-10,13,16,19,25H,11-12,14H2,1-2H3,(H,21,22). The maximum Gasteiger partial charge on any atom is 0.317 e. The van der Waals surface area contributed by atoms with E-state index >= 15 is 0 Å². The first-order valence-electron chi connectivity index (χ1n) is 8.64. The summed E-state index contributed by atoms with van der Waals surface area (Å²) in [5, 5.41) is 0. The molecule has 0 heterocycles. The van der Waals surface area contributed by atoms with Crippen LogP contribution in [0.2, 0.25) is 0 Å². The molecule has 1 aliphatic carbocycles. The summed E-state index contributed by atoms with van der Waals surface area (Å²) < 4.78 is 22.6. The van der Waals surface area contributed by atoms with E-state index in [9.17, 15) is 9.46 Å². The van der Waals surface area contributed by atoms with E-state index in [1.165, 1.54) is 0 Å². The van der Waals surface area contributed by atoms with Gasteiger partial charge < -0.3 is 14.2 Å². The van der Waals surface area contributed by atoms with E-state index in [4.69, 9.17) is 9.26 Å². The lowest BCUT2D eigenvalue weighted by atomic mass is 9.81. The van der Waals surface area contributed by atoms with Crippen LogP contribution >= 0.6 is 8.25 Å². The van der Waals surface area contributed by atoms with Crippen molar-refractivity contribution in [2.75, 3.05) is 0 Å². The predicted molar refractivity (Wildman–Crippen MR) is 99.1 cm³/mol. The second-order valence-corrected chi connectivity index (χ2v) is 7.87. The van der Waals surface area contributed by atoms with Crippen molar-refractivity contribution in [2.24, 2.45) is 5.92 Å².